The van der Waals surface area contributed by atoms with Crippen molar-refractivity contribution in [2.75, 3.05) is 0 Å². The van der Waals surface area contributed by atoms with Gasteiger partial charge in [0.25, 0.3) is 0 Å². The van der Waals surface area contributed by atoms with E-state index in [9.17, 15) is 4.79 Å². The summed E-state index contributed by atoms with van der Waals surface area (Å²) < 4.78 is 1.90. The van der Waals surface area contributed by atoms with Gasteiger partial charge < -0.3 is 5.32 Å². The van der Waals surface area contributed by atoms with E-state index >= 15 is 0 Å². The van der Waals surface area contributed by atoms with Crippen LogP contribution in [0.25, 0.3) is 5.82 Å². The summed E-state index contributed by atoms with van der Waals surface area (Å²) in [7, 11) is 0. The maximum absolute atomic E-state index is 11.6. The van der Waals surface area contributed by atoms with Crippen LogP contribution in [-0.4, -0.2) is 20.4 Å². The van der Waals surface area contributed by atoms with Crippen molar-refractivity contribution in [1.29, 1.82) is 0 Å². The fourth-order valence-corrected chi connectivity index (χ4v) is 1.82. The summed E-state index contributed by atoms with van der Waals surface area (Å²) >= 11 is 0. The van der Waals surface area contributed by atoms with Crippen LogP contribution in [0.3, 0.4) is 0 Å². The molecular formula is C15H18N4O. The van der Waals surface area contributed by atoms with E-state index in [1.165, 1.54) is 0 Å². The van der Waals surface area contributed by atoms with Crippen molar-refractivity contribution in [2.24, 2.45) is 0 Å². The Morgan fingerprint density at radius 1 is 1.35 bits per heavy atom. The minimum Gasteiger partial charge on any atom is -0.348 e. The Bertz CT molecular complexity index is 639. The zero-order valence-electron chi connectivity index (χ0n) is 11.9. The second-order valence-electron chi connectivity index (χ2n) is 4.81. The molecule has 2 aromatic heterocycles. The molecule has 1 N–H and O–H groups in total. The fraction of sp³-hybridized carbons (Fsp3) is 0.267. The monoisotopic (exact) mass is 270 g/mol. The maximum Gasteiger partial charge on any atom is 0.244 e. The molecule has 0 saturated heterocycles. The smallest absolute Gasteiger partial charge is 0.244 e. The quantitative estimate of drug-likeness (QED) is 0.866. The van der Waals surface area contributed by atoms with Crippen molar-refractivity contribution in [1.82, 2.24) is 19.9 Å². The van der Waals surface area contributed by atoms with E-state index in [-0.39, 0.29) is 5.91 Å². The van der Waals surface area contributed by atoms with Gasteiger partial charge in [-0.15, -0.1) is 0 Å². The number of rotatable bonds is 4. The summed E-state index contributed by atoms with van der Waals surface area (Å²) in [6, 6.07) is 3.83. The Balaban J connectivity index is 2.09. The summed E-state index contributed by atoms with van der Waals surface area (Å²) in [4.78, 5) is 20.1. The average molecular weight is 270 g/mol. The van der Waals surface area contributed by atoms with Gasteiger partial charge in [-0.25, -0.2) is 9.97 Å². The first-order valence-electron chi connectivity index (χ1n) is 6.44. The summed E-state index contributed by atoms with van der Waals surface area (Å²) in [5, 5.41) is 2.85. The molecule has 0 radical (unpaired) electrons. The second kappa shape index (κ2) is 6.14. The molecule has 20 heavy (non-hydrogen) atoms. The molecule has 1 amide bonds. The van der Waals surface area contributed by atoms with Crippen LogP contribution in [0.5, 0.6) is 0 Å². The third-order valence-corrected chi connectivity index (χ3v) is 2.77. The Morgan fingerprint density at radius 3 is 2.80 bits per heavy atom. The predicted molar refractivity (Wildman–Crippen MR) is 77.4 cm³/mol. The van der Waals surface area contributed by atoms with Gasteiger partial charge in [-0.05, 0) is 38.5 Å². The predicted octanol–water partition coefficient (Wildman–Crippen LogP) is 2.16. The Morgan fingerprint density at radius 2 is 2.15 bits per heavy atom. The number of aromatic nitrogens is 3. The lowest BCUT2D eigenvalue weighted by atomic mass is 10.2. The Hall–Kier alpha value is -2.43. The van der Waals surface area contributed by atoms with Gasteiger partial charge in [-0.2, -0.15) is 0 Å². The van der Waals surface area contributed by atoms with E-state index in [0.29, 0.717) is 6.54 Å². The highest BCUT2D eigenvalue weighted by Crippen LogP contribution is 2.09. The van der Waals surface area contributed by atoms with Gasteiger partial charge in [-0.1, -0.05) is 5.57 Å². The molecule has 0 atom stereocenters. The number of nitrogens with zero attached hydrogens (tertiary/aromatic N) is 3. The third-order valence-electron chi connectivity index (χ3n) is 2.77. The lowest BCUT2D eigenvalue weighted by molar-refractivity contribution is -0.116. The number of hydrogen-bond acceptors (Lipinski definition) is 3. The molecule has 2 heterocycles. The first-order chi connectivity index (χ1) is 9.56. The number of imidazole rings is 1. The summed E-state index contributed by atoms with van der Waals surface area (Å²) in [5.74, 6) is 1.60. The van der Waals surface area contributed by atoms with Crippen LogP contribution in [0.1, 0.15) is 25.2 Å². The van der Waals surface area contributed by atoms with Crippen LogP contribution in [0.15, 0.2) is 42.4 Å². The summed E-state index contributed by atoms with van der Waals surface area (Å²) in [5.41, 5.74) is 1.98. The van der Waals surface area contributed by atoms with Crippen molar-refractivity contribution in [3.8, 4) is 5.82 Å². The lowest BCUT2D eigenvalue weighted by Gasteiger charge is -2.07. The van der Waals surface area contributed by atoms with Crippen LogP contribution < -0.4 is 5.32 Å². The zero-order valence-corrected chi connectivity index (χ0v) is 11.9. The van der Waals surface area contributed by atoms with E-state index in [4.69, 9.17) is 0 Å². The Kier molecular flexibility index (Phi) is 4.30. The van der Waals surface area contributed by atoms with Gasteiger partial charge in [0.1, 0.15) is 11.6 Å². The molecule has 0 aliphatic heterocycles. The molecule has 5 nitrogen and oxygen atoms in total. The topological polar surface area (TPSA) is 59.8 Å². The largest absolute Gasteiger partial charge is 0.348 e. The molecule has 0 aliphatic carbocycles. The first kappa shape index (κ1) is 14.0. The molecule has 104 valence electrons. The number of carbonyl (C=O) groups excluding carboxylic acids is 1. The molecule has 0 bridgehead atoms. The maximum atomic E-state index is 11.6. The van der Waals surface area contributed by atoms with Crippen LogP contribution >= 0.6 is 0 Å². The molecule has 2 rings (SSSR count). The molecule has 0 saturated carbocycles. The molecule has 5 heteroatoms. The molecule has 0 aliphatic rings. The van der Waals surface area contributed by atoms with Crippen molar-refractivity contribution < 1.29 is 4.79 Å². The molecule has 2 aromatic rings. The van der Waals surface area contributed by atoms with Crippen molar-refractivity contribution in [2.45, 2.75) is 27.3 Å². The standard InChI is InChI=1S/C15H18N4O/c1-11(2)8-15(20)18-10-13-4-5-17-14(9-13)19-7-6-16-12(19)3/h4-9H,10H2,1-3H3,(H,18,20). The highest BCUT2D eigenvalue weighted by Gasteiger charge is 2.03. The summed E-state index contributed by atoms with van der Waals surface area (Å²) in [6.07, 6.45) is 6.92. The van der Waals surface area contributed by atoms with E-state index in [1.807, 2.05) is 43.7 Å². The molecule has 0 unspecified atom stereocenters. The molecule has 0 spiro atoms. The van der Waals surface area contributed by atoms with Crippen LogP contribution in [-0.2, 0) is 11.3 Å². The van der Waals surface area contributed by atoms with Crippen LogP contribution in [0.4, 0.5) is 0 Å². The number of nitrogens with one attached hydrogen (secondary N) is 1. The summed E-state index contributed by atoms with van der Waals surface area (Å²) in [6.45, 7) is 6.19. The minimum absolute atomic E-state index is 0.0813. The fourth-order valence-electron chi connectivity index (χ4n) is 1.82. The zero-order chi connectivity index (χ0) is 14.5. The van der Waals surface area contributed by atoms with Gasteiger partial charge in [-0.3, -0.25) is 9.36 Å². The lowest BCUT2D eigenvalue weighted by Crippen LogP contribution is -2.20. The number of pyridine rings is 1. The van der Waals surface area contributed by atoms with Crippen LogP contribution in [0.2, 0.25) is 0 Å². The van der Waals surface area contributed by atoms with Gasteiger partial charge >= 0.3 is 0 Å². The molecule has 0 aromatic carbocycles. The first-order valence-corrected chi connectivity index (χ1v) is 6.44. The van der Waals surface area contributed by atoms with E-state index < -0.39 is 0 Å². The molecular weight excluding hydrogens is 252 g/mol. The minimum atomic E-state index is -0.0813. The van der Waals surface area contributed by atoms with Crippen molar-refractivity contribution >= 4 is 5.91 Å². The van der Waals surface area contributed by atoms with Crippen molar-refractivity contribution in [3.05, 3.63) is 53.8 Å². The second-order valence-corrected chi connectivity index (χ2v) is 4.81. The van der Waals surface area contributed by atoms with E-state index in [1.54, 1.807) is 18.5 Å². The van der Waals surface area contributed by atoms with Gasteiger partial charge in [0.05, 0.1) is 0 Å². The van der Waals surface area contributed by atoms with Crippen LogP contribution in [0, 0.1) is 6.92 Å². The normalized spacial score (nSPS) is 10.2. The highest BCUT2D eigenvalue weighted by molar-refractivity contribution is 5.87. The SMILES string of the molecule is CC(C)=CC(=O)NCc1ccnc(-n2ccnc2C)c1. The highest BCUT2D eigenvalue weighted by atomic mass is 16.1. The Labute approximate surface area is 118 Å². The van der Waals surface area contributed by atoms with E-state index in [0.717, 1.165) is 22.8 Å². The number of hydrogen-bond donors (Lipinski definition) is 1. The van der Waals surface area contributed by atoms with Crippen molar-refractivity contribution in [3.63, 3.8) is 0 Å². The molecule has 0 fully saturated rings. The number of carbonyl (C=O) groups is 1. The number of amides is 1. The van der Waals surface area contributed by atoms with Gasteiger partial charge in [0.2, 0.25) is 5.91 Å². The number of aryl methyl sites for hydroxylation is 1. The average Bonchev–Trinajstić information content (AvgIpc) is 2.82. The third kappa shape index (κ3) is 3.54. The van der Waals surface area contributed by atoms with Gasteiger partial charge in [0, 0.05) is 31.2 Å². The number of allylic oxidation sites excluding steroid dienone is 1. The van der Waals surface area contributed by atoms with Gasteiger partial charge in [0.15, 0.2) is 0 Å². The van der Waals surface area contributed by atoms with E-state index in [2.05, 4.69) is 15.3 Å².